The van der Waals surface area contributed by atoms with Crippen LogP contribution in [0.1, 0.15) is 45.1 Å². The van der Waals surface area contributed by atoms with Crippen molar-refractivity contribution in [2.75, 3.05) is 24.5 Å². The molecule has 0 atom stereocenters. The molecular formula is C17H28N2. The van der Waals surface area contributed by atoms with Gasteiger partial charge in [0.15, 0.2) is 0 Å². The molecule has 1 aliphatic heterocycles. The molecular weight excluding hydrogens is 232 g/mol. The van der Waals surface area contributed by atoms with Crippen molar-refractivity contribution < 1.29 is 0 Å². The molecule has 0 bridgehead atoms. The highest BCUT2D eigenvalue weighted by molar-refractivity contribution is 5.48. The number of hydrogen-bond donors (Lipinski definition) is 1. The molecule has 0 unspecified atom stereocenters. The molecule has 2 rings (SSSR count). The minimum atomic E-state index is 0.607. The van der Waals surface area contributed by atoms with Crippen LogP contribution in [0.15, 0.2) is 24.3 Å². The van der Waals surface area contributed by atoms with Gasteiger partial charge in [0.05, 0.1) is 0 Å². The van der Waals surface area contributed by atoms with Crippen LogP contribution in [0, 0.1) is 5.41 Å². The van der Waals surface area contributed by atoms with E-state index >= 15 is 0 Å². The number of anilines is 1. The molecule has 1 saturated heterocycles. The molecule has 1 heterocycles. The fraction of sp³-hybridized carbons (Fsp3) is 0.647. The van der Waals surface area contributed by atoms with E-state index in [-0.39, 0.29) is 0 Å². The van der Waals surface area contributed by atoms with Gasteiger partial charge in [-0.1, -0.05) is 38.8 Å². The zero-order valence-corrected chi connectivity index (χ0v) is 12.5. The number of benzene rings is 1. The fourth-order valence-electron chi connectivity index (χ4n) is 3.24. The molecule has 0 amide bonds. The van der Waals surface area contributed by atoms with Gasteiger partial charge in [0, 0.05) is 18.8 Å². The largest absolute Gasteiger partial charge is 0.371 e. The van der Waals surface area contributed by atoms with Crippen molar-refractivity contribution in [2.45, 2.75) is 46.0 Å². The van der Waals surface area contributed by atoms with Crippen LogP contribution < -0.4 is 10.6 Å². The summed E-state index contributed by atoms with van der Waals surface area (Å²) in [7, 11) is 0. The predicted octanol–water partition coefficient (Wildman–Crippen LogP) is 3.59. The van der Waals surface area contributed by atoms with E-state index in [0.717, 1.165) is 13.0 Å². The Balaban J connectivity index is 1.97. The van der Waals surface area contributed by atoms with Gasteiger partial charge < -0.3 is 10.6 Å². The van der Waals surface area contributed by atoms with Gasteiger partial charge in [-0.2, -0.15) is 0 Å². The maximum absolute atomic E-state index is 5.59. The summed E-state index contributed by atoms with van der Waals surface area (Å²) in [5.74, 6) is 0. The van der Waals surface area contributed by atoms with Gasteiger partial charge in [-0.05, 0) is 48.9 Å². The van der Waals surface area contributed by atoms with Gasteiger partial charge in [-0.25, -0.2) is 0 Å². The molecule has 1 fully saturated rings. The molecule has 1 aliphatic rings. The summed E-state index contributed by atoms with van der Waals surface area (Å²) in [5, 5.41) is 0. The van der Waals surface area contributed by atoms with Crippen LogP contribution in [0.4, 0.5) is 5.69 Å². The molecule has 0 aromatic heterocycles. The number of nitrogens with zero attached hydrogens (tertiary/aromatic N) is 1. The lowest BCUT2D eigenvalue weighted by molar-refractivity contribution is 0.199. The average molecular weight is 260 g/mol. The molecule has 0 radical (unpaired) electrons. The zero-order valence-electron chi connectivity index (χ0n) is 12.5. The first-order chi connectivity index (χ1) is 9.23. The third-order valence-electron chi connectivity index (χ3n) is 5.06. The predicted molar refractivity (Wildman–Crippen MR) is 83.7 cm³/mol. The van der Waals surface area contributed by atoms with E-state index in [2.05, 4.69) is 43.0 Å². The first-order valence-corrected chi connectivity index (χ1v) is 7.77. The first-order valence-electron chi connectivity index (χ1n) is 7.77. The van der Waals surface area contributed by atoms with Gasteiger partial charge in [0.2, 0.25) is 0 Å². The van der Waals surface area contributed by atoms with Crippen LogP contribution in [0.5, 0.6) is 0 Å². The van der Waals surface area contributed by atoms with E-state index in [4.69, 9.17) is 5.73 Å². The molecule has 0 saturated carbocycles. The maximum atomic E-state index is 5.59. The molecule has 2 nitrogen and oxygen atoms in total. The minimum Gasteiger partial charge on any atom is -0.371 e. The van der Waals surface area contributed by atoms with Crippen molar-refractivity contribution in [3.05, 3.63) is 29.8 Å². The Bertz CT molecular complexity index is 369. The third kappa shape index (κ3) is 3.30. The van der Waals surface area contributed by atoms with Crippen LogP contribution in [-0.2, 0) is 6.42 Å². The molecule has 19 heavy (non-hydrogen) atoms. The standard InChI is InChI=1S/C17H28N2/c1-3-17(4-2)10-13-19(14-11-17)16-7-5-15(6-8-16)9-12-18/h5-8H,3-4,9-14,18H2,1-2H3. The highest BCUT2D eigenvalue weighted by atomic mass is 15.1. The molecule has 0 spiro atoms. The van der Waals surface area contributed by atoms with Crippen LogP contribution in [0.3, 0.4) is 0 Å². The van der Waals surface area contributed by atoms with Crippen molar-refractivity contribution in [1.29, 1.82) is 0 Å². The van der Waals surface area contributed by atoms with E-state index < -0.39 is 0 Å². The summed E-state index contributed by atoms with van der Waals surface area (Å²) < 4.78 is 0. The Morgan fingerprint density at radius 3 is 2.11 bits per heavy atom. The van der Waals surface area contributed by atoms with Crippen molar-refractivity contribution in [3.8, 4) is 0 Å². The number of piperidine rings is 1. The SMILES string of the molecule is CCC1(CC)CCN(c2ccc(CCN)cc2)CC1. The molecule has 2 heteroatoms. The summed E-state index contributed by atoms with van der Waals surface area (Å²) >= 11 is 0. The van der Waals surface area contributed by atoms with Crippen LogP contribution in [0.25, 0.3) is 0 Å². The monoisotopic (exact) mass is 260 g/mol. The average Bonchev–Trinajstić information content (AvgIpc) is 2.49. The van der Waals surface area contributed by atoms with E-state index in [1.807, 2.05) is 0 Å². The van der Waals surface area contributed by atoms with Crippen LogP contribution >= 0.6 is 0 Å². The highest BCUT2D eigenvalue weighted by Gasteiger charge is 2.31. The summed E-state index contributed by atoms with van der Waals surface area (Å²) in [6.07, 6.45) is 6.31. The maximum Gasteiger partial charge on any atom is 0.0366 e. The molecule has 106 valence electrons. The second-order valence-corrected chi connectivity index (χ2v) is 5.90. The summed E-state index contributed by atoms with van der Waals surface area (Å²) in [4.78, 5) is 2.54. The number of nitrogens with two attached hydrogens (primary N) is 1. The molecule has 0 aliphatic carbocycles. The Morgan fingerprint density at radius 2 is 1.63 bits per heavy atom. The van der Waals surface area contributed by atoms with Gasteiger partial charge in [0.25, 0.3) is 0 Å². The lowest BCUT2D eigenvalue weighted by atomic mass is 9.74. The van der Waals surface area contributed by atoms with Gasteiger partial charge in [-0.3, -0.25) is 0 Å². The number of hydrogen-bond acceptors (Lipinski definition) is 2. The van der Waals surface area contributed by atoms with Crippen molar-refractivity contribution in [3.63, 3.8) is 0 Å². The van der Waals surface area contributed by atoms with Crippen LogP contribution in [0.2, 0.25) is 0 Å². The van der Waals surface area contributed by atoms with E-state index in [0.29, 0.717) is 5.41 Å². The highest BCUT2D eigenvalue weighted by Crippen LogP contribution is 2.39. The Labute approximate surface area is 118 Å². The summed E-state index contributed by atoms with van der Waals surface area (Å²) in [6, 6.07) is 8.97. The second-order valence-electron chi connectivity index (χ2n) is 5.90. The topological polar surface area (TPSA) is 29.3 Å². The summed E-state index contributed by atoms with van der Waals surface area (Å²) in [6.45, 7) is 7.84. The Morgan fingerprint density at radius 1 is 1.05 bits per heavy atom. The van der Waals surface area contributed by atoms with Gasteiger partial charge >= 0.3 is 0 Å². The van der Waals surface area contributed by atoms with E-state index in [1.54, 1.807) is 0 Å². The Kier molecular flexibility index (Phi) is 4.87. The van der Waals surface area contributed by atoms with Gasteiger partial charge in [0.1, 0.15) is 0 Å². The lowest BCUT2D eigenvalue weighted by Crippen LogP contribution is -2.39. The minimum absolute atomic E-state index is 0.607. The third-order valence-corrected chi connectivity index (χ3v) is 5.06. The zero-order chi connectivity index (χ0) is 13.7. The van der Waals surface area contributed by atoms with E-state index in [9.17, 15) is 0 Å². The smallest absolute Gasteiger partial charge is 0.0366 e. The van der Waals surface area contributed by atoms with Gasteiger partial charge in [-0.15, -0.1) is 0 Å². The molecule has 1 aromatic rings. The lowest BCUT2D eigenvalue weighted by Gasteiger charge is -2.42. The first kappa shape index (κ1) is 14.4. The van der Waals surface area contributed by atoms with E-state index in [1.165, 1.54) is 50.0 Å². The van der Waals surface area contributed by atoms with Crippen molar-refractivity contribution in [1.82, 2.24) is 0 Å². The normalized spacial score (nSPS) is 18.6. The Hall–Kier alpha value is -1.02. The van der Waals surface area contributed by atoms with Crippen molar-refractivity contribution >= 4 is 5.69 Å². The van der Waals surface area contributed by atoms with Crippen molar-refractivity contribution in [2.24, 2.45) is 11.1 Å². The fourth-order valence-corrected chi connectivity index (χ4v) is 3.24. The number of rotatable bonds is 5. The second kappa shape index (κ2) is 6.42. The quantitative estimate of drug-likeness (QED) is 0.876. The van der Waals surface area contributed by atoms with Crippen LogP contribution in [-0.4, -0.2) is 19.6 Å². The molecule has 2 N–H and O–H groups in total. The summed E-state index contributed by atoms with van der Waals surface area (Å²) in [5.41, 5.74) is 8.92. The molecule has 1 aromatic carbocycles.